The zero-order valence-electron chi connectivity index (χ0n) is 11.3. The van der Waals surface area contributed by atoms with Gasteiger partial charge in [-0.15, -0.1) is 0 Å². The Morgan fingerprint density at radius 3 is 2.89 bits per heavy atom. The molecular formula is C13H20N2O3. The molecule has 0 saturated heterocycles. The van der Waals surface area contributed by atoms with Crippen LogP contribution < -0.4 is 5.32 Å². The van der Waals surface area contributed by atoms with Gasteiger partial charge in [-0.2, -0.15) is 0 Å². The number of ether oxygens (including phenoxy) is 1. The normalized spacial score (nSPS) is 13.4. The van der Waals surface area contributed by atoms with Crippen LogP contribution in [0.3, 0.4) is 0 Å². The third kappa shape index (κ3) is 4.00. The Balaban J connectivity index is 2.50. The number of methoxy groups -OCH3 is 1. The summed E-state index contributed by atoms with van der Waals surface area (Å²) in [5.74, 6) is 1.16. The summed E-state index contributed by atoms with van der Waals surface area (Å²) in [5.41, 5.74) is 0.667. The lowest BCUT2D eigenvalue weighted by atomic mass is 10.2. The first kappa shape index (κ1) is 14.4. The van der Waals surface area contributed by atoms with E-state index in [0.29, 0.717) is 24.4 Å². The summed E-state index contributed by atoms with van der Waals surface area (Å²) in [6.45, 7) is 6.31. The summed E-state index contributed by atoms with van der Waals surface area (Å²) in [5, 5.41) is 3.22. The summed E-state index contributed by atoms with van der Waals surface area (Å²) in [7, 11) is 1.39. The molecule has 1 N–H and O–H groups in total. The fraction of sp³-hybridized carbons (Fsp3) is 0.538. The third-order valence-corrected chi connectivity index (χ3v) is 2.61. The van der Waals surface area contributed by atoms with Crippen LogP contribution in [-0.2, 0) is 9.53 Å². The number of aryl methyl sites for hydroxylation is 1. The Morgan fingerprint density at radius 2 is 2.39 bits per heavy atom. The van der Waals surface area contributed by atoms with Gasteiger partial charge < -0.3 is 14.5 Å². The van der Waals surface area contributed by atoms with Crippen molar-refractivity contribution in [3.8, 4) is 0 Å². The quantitative estimate of drug-likeness (QED) is 0.620. The van der Waals surface area contributed by atoms with Gasteiger partial charge in [0.2, 0.25) is 5.89 Å². The highest BCUT2D eigenvalue weighted by molar-refractivity contribution is 5.88. The van der Waals surface area contributed by atoms with Crippen molar-refractivity contribution in [3.05, 3.63) is 29.5 Å². The van der Waals surface area contributed by atoms with E-state index in [1.54, 1.807) is 6.20 Å². The van der Waals surface area contributed by atoms with Crippen LogP contribution in [0.25, 0.3) is 0 Å². The maximum Gasteiger partial charge on any atom is 0.333 e. The van der Waals surface area contributed by atoms with Crippen molar-refractivity contribution < 1.29 is 13.9 Å². The molecule has 5 nitrogen and oxygen atoms in total. The molecule has 1 rings (SSSR count). The van der Waals surface area contributed by atoms with Gasteiger partial charge in [0, 0.05) is 12.1 Å². The van der Waals surface area contributed by atoms with E-state index in [-0.39, 0.29) is 12.0 Å². The maximum atomic E-state index is 11.3. The topological polar surface area (TPSA) is 64.4 Å². The predicted octanol–water partition coefficient (Wildman–Crippen LogP) is 2.14. The number of carbonyl (C=O) groups is 1. The molecular weight excluding hydrogens is 232 g/mol. The minimum absolute atomic E-state index is 0.00528. The fourth-order valence-electron chi connectivity index (χ4n) is 1.52. The van der Waals surface area contributed by atoms with E-state index >= 15 is 0 Å². The minimum atomic E-state index is -0.279. The molecule has 0 fully saturated rings. The molecule has 1 aromatic rings. The van der Waals surface area contributed by atoms with Gasteiger partial charge in [0.1, 0.15) is 5.76 Å². The highest BCUT2D eigenvalue weighted by atomic mass is 16.5. The number of rotatable bonds is 6. The van der Waals surface area contributed by atoms with Crippen LogP contribution in [0.15, 0.2) is 22.3 Å². The molecule has 0 aliphatic heterocycles. The van der Waals surface area contributed by atoms with Crippen LogP contribution in [0, 0.1) is 6.92 Å². The highest BCUT2D eigenvalue weighted by Crippen LogP contribution is 2.11. The molecule has 1 heterocycles. The molecule has 18 heavy (non-hydrogen) atoms. The first-order chi connectivity index (χ1) is 8.58. The van der Waals surface area contributed by atoms with Gasteiger partial charge in [-0.1, -0.05) is 13.0 Å². The monoisotopic (exact) mass is 252 g/mol. The molecule has 0 radical (unpaired) electrons. The van der Waals surface area contributed by atoms with Gasteiger partial charge in [-0.05, 0) is 20.3 Å². The standard InChI is InChI=1S/C13H20N2O3/c1-5-11(13(16)17-4)6-7-14-10(3)12-15-8-9(2)18-12/h6,8,10,14H,5,7H2,1-4H3/b11-6-. The maximum absolute atomic E-state index is 11.3. The average Bonchev–Trinajstić information content (AvgIpc) is 2.80. The van der Waals surface area contributed by atoms with E-state index in [0.717, 1.165) is 5.76 Å². The highest BCUT2D eigenvalue weighted by Gasteiger charge is 2.10. The van der Waals surface area contributed by atoms with Crippen LogP contribution in [0.2, 0.25) is 0 Å². The number of nitrogens with one attached hydrogen (secondary N) is 1. The van der Waals surface area contributed by atoms with Gasteiger partial charge in [-0.3, -0.25) is 0 Å². The Kier molecular flexibility index (Phi) is 5.58. The van der Waals surface area contributed by atoms with Crippen molar-refractivity contribution in [1.82, 2.24) is 10.3 Å². The Labute approximate surface area is 107 Å². The minimum Gasteiger partial charge on any atom is -0.466 e. The molecule has 0 aliphatic carbocycles. The molecule has 1 atom stereocenters. The molecule has 0 aromatic carbocycles. The lowest BCUT2D eigenvalue weighted by molar-refractivity contribution is -0.136. The molecule has 0 bridgehead atoms. The molecule has 1 unspecified atom stereocenters. The number of hydrogen-bond donors (Lipinski definition) is 1. The lowest BCUT2D eigenvalue weighted by Crippen LogP contribution is -2.20. The number of hydrogen-bond acceptors (Lipinski definition) is 5. The molecule has 0 spiro atoms. The molecule has 0 saturated carbocycles. The van der Waals surface area contributed by atoms with E-state index in [2.05, 4.69) is 15.0 Å². The van der Waals surface area contributed by atoms with Crippen molar-refractivity contribution in [2.24, 2.45) is 0 Å². The second kappa shape index (κ2) is 6.96. The van der Waals surface area contributed by atoms with Crippen molar-refractivity contribution in [2.45, 2.75) is 33.2 Å². The number of aromatic nitrogens is 1. The summed E-state index contributed by atoms with van der Waals surface area (Å²) in [6, 6.07) is 0.00528. The van der Waals surface area contributed by atoms with Crippen LogP contribution in [0.4, 0.5) is 0 Å². The summed E-state index contributed by atoms with van der Waals surface area (Å²) in [6.07, 6.45) is 4.17. The van der Waals surface area contributed by atoms with Crippen molar-refractivity contribution >= 4 is 5.97 Å². The van der Waals surface area contributed by atoms with Crippen LogP contribution in [-0.4, -0.2) is 24.6 Å². The Morgan fingerprint density at radius 1 is 1.67 bits per heavy atom. The number of carbonyl (C=O) groups excluding carboxylic acids is 1. The average molecular weight is 252 g/mol. The van der Waals surface area contributed by atoms with Crippen molar-refractivity contribution in [1.29, 1.82) is 0 Å². The van der Waals surface area contributed by atoms with Crippen LogP contribution >= 0.6 is 0 Å². The zero-order chi connectivity index (χ0) is 13.5. The van der Waals surface area contributed by atoms with E-state index in [1.165, 1.54) is 7.11 Å². The van der Waals surface area contributed by atoms with Crippen LogP contribution in [0.5, 0.6) is 0 Å². The molecule has 1 aromatic heterocycles. The van der Waals surface area contributed by atoms with E-state index in [1.807, 2.05) is 26.8 Å². The van der Waals surface area contributed by atoms with Gasteiger partial charge in [0.05, 0.1) is 19.3 Å². The summed E-state index contributed by atoms with van der Waals surface area (Å²) in [4.78, 5) is 15.5. The molecule has 0 amide bonds. The second-order valence-electron chi connectivity index (χ2n) is 4.01. The molecule has 5 heteroatoms. The molecule has 100 valence electrons. The van der Waals surface area contributed by atoms with Gasteiger partial charge in [-0.25, -0.2) is 9.78 Å². The summed E-state index contributed by atoms with van der Waals surface area (Å²) >= 11 is 0. The second-order valence-corrected chi connectivity index (χ2v) is 4.01. The Bertz CT molecular complexity index is 424. The first-order valence-corrected chi connectivity index (χ1v) is 6.01. The predicted molar refractivity (Wildman–Crippen MR) is 68.0 cm³/mol. The number of nitrogens with zero attached hydrogens (tertiary/aromatic N) is 1. The number of esters is 1. The van der Waals surface area contributed by atoms with Gasteiger partial charge in [0.25, 0.3) is 0 Å². The van der Waals surface area contributed by atoms with Gasteiger partial charge >= 0.3 is 5.97 Å². The van der Waals surface area contributed by atoms with E-state index in [4.69, 9.17) is 4.42 Å². The smallest absolute Gasteiger partial charge is 0.333 e. The van der Waals surface area contributed by atoms with E-state index in [9.17, 15) is 4.79 Å². The van der Waals surface area contributed by atoms with E-state index < -0.39 is 0 Å². The summed E-state index contributed by atoms with van der Waals surface area (Å²) < 4.78 is 10.1. The fourth-order valence-corrected chi connectivity index (χ4v) is 1.52. The first-order valence-electron chi connectivity index (χ1n) is 6.01. The largest absolute Gasteiger partial charge is 0.466 e. The molecule has 0 aliphatic rings. The Hall–Kier alpha value is -1.62. The number of oxazole rings is 1. The third-order valence-electron chi connectivity index (χ3n) is 2.61. The zero-order valence-corrected chi connectivity index (χ0v) is 11.3. The SMILES string of the molecule is CC/C(=C/CNC(C)c1ncc(C)o1)C(=O)OC. The van der Waals surface area contributed by atoms with Crippen LogP contribution in [0.1, 0.15) is 38.0 Å². The van der Waals surface area contributed by atoms with Gasteiger partial charge in [0.15, 0.2) is 0 Å². The van der Waals surface area contributed by atoms with Crippen molar-refractivity contribution in [2.75, 3.05) is 13.7 Å². The van der Waals surface area contributed by atoms with Crippen molar-refractivity contribution in [3.63, 3.8) is 0 Å². The lowest BCUT2D eigenvalue weighted by Gasteiger charge is -2.08.